The van der Waals surface area contributed by atoms with Crippen molar-refractivity contribution < 1.29 is 30.6 Å². The smallest absolute Gasteiger partial charge is 0.139 e. The number of aliphatic hydroxyl groups is 6. The maximum absolute atomic E-state index is 10.2. The lowest BCUT2D eigenvalue weighted by atomic mass is 9.89. The summed E-state index contributed by atoms with van der Waals surface area (Å²) in [5, 5.41) is 57.9. The Hall–Kier alpha value is -1.70. The number of benzene rings is 1. The molecule has 0 aromatic heterocycles. The van der Waals surface area contributed by atoms with Gasteiger partial charge in [-0.3, -0.25) is 0 Å². The number of allylic oxidation sites excluding steroid dienone is 2. The third-order valence-corrected chi connectivity index (χ3v) is 3.75. The molecule has 0 amide bonds. The normalized spacial score (nSPS) is 21.7. The van der Waals surface area contributed by atoms with Gasteiger partial charge in [-0.2, -0.15) is 0 Å². The van der Waals surface area contributed by atoms with Crippen LogP contribution in [-0.4, -0.2) is 61.7 Å². The fourth-order valence-corrected chi connectivity index (χ4v) is 2.44. The minimum absolute atomic E-state index is 0.366. The second-order valence-electron chi connectivity index (χ2n) is 5.23. The van der Waals surface area contributed by atoms with Gasteiger partial charge in [0.15, 0.2) is 0 Å². The molecular formula is C16H20O6. The van der Waals surface area contributed by atoms with Crippen molar-refractivity contribution in [3.63, 3.8) is 0 Å². The molecule has 0 saturated carbocycles. The first-order valence-electron chi connectivity index (χ1n) is 6.98. The van der Waals surface area contributed by atoms with Crippen molar-refractivity contribution in [2.24, 2.45) is 0 Å². The molecule has 6 nitrogen and oxygen atoms in total. The Labute approximate surface area is 127 Å². The van der Waals surface area contributed by atoms with Gasteiger partial charge in [0.05, 0.1) is 6.61 Å². The van der Waals surface area contributed by atoms with Gasteiger partial charge in [-0.1, -0.05) is 36.4 Å². The zero-order chi connectivity index (χ0) is 16.3. The van der Waals surface area contributed by atoms with E-state index in [1.54, 1.807) is 12.1 Å². The molecule has 0 unspecified atom stereocenters. The highest BCUT2D eigenvalue weighted by molar-refractivity contribution is 5.80. The molecule has 4 atom stereocenters. The van der Waals surface area contributed by atoms with Gasteiger partial charge in [-0.15, -0.1) is 0 Å². The minimum atomic E-state index is -1.83. The highest BCUT2D eigenvalue weighted by atomic mass is 16.4. The lowest BCUT2D eigenvalue weighted by molar-refractivity contribution is -0.112. The van der Waals surface area contributed by atoms with Gasteiger partial charge in [0.1, 0.15) is 30.2 Å². The summed E-state index contributed by atoms with van der Waals surface area (Å²) >= 11 is 0. The molecule has 1 aliphatic carbocycles. The van der Waals surface area contributed by atoms with Crippen molar-refractivity contribution in [2.75, 3.05) is 6.61 Å². The molecule has 6 N–H and O–H groups in total. The van der Waals surface area contributed by atoms with Crippen molar-refractivity contribution in [3.05, 3.63) is 47.2 Å². The van der Waals surface area contributed by atoms with Crippen molar-refractivity contribution in [2.45, 2.75) is 30.8 Å². The van der Waals surface area contributed by atoms with Gasteiger partial charge in [-0.25, -0.2) is 0 Å². The molecule has 22 heavy (non-hydrogen) atoms. The Morgan fingerprint density at radius 1 is 1.05 bits per heavy atom. The highest BCUT2D eigenvalue weighted by Gasteiger charge is 2.33. The van der Waals surface area contributed by atoms with E-state index < -0.39 is 36.8 Å². The molecule has 0 radical (unpaired) electrons. The van der Waals surface area contributed by atoms with Crippen LogP contribution in [0.1, 0.15) is 17.5 Å². The Morgan fingerprint density at radius 2 is 1.73 bits per heavy atom. The second-order valence-corrected chi connectivity index (χ2v) is 5.23. The van der Waals surface area contributed by atoms with Crippen LogP contribution in [0.3, 0.4) is 0 Å². The standard InChI is InChI=1S/C16H20O6/c17-8-12(18)14(20)16(22)15(21)13(19)11-7-3-5-9-4-1-2-6-10(9)11/h1-6,12,14-22H,7-8H2/t12-,14-,15+,16+/m1/s1. The molecule has 0 spiro atoms. The van der Waals surface area contributed by atoms with Gasteiger partial charge < -0.3 is 30.6 Å². The Morgan fingerprint density at radius 3 is 2.41 bits per heavy atom. The molecule has 1 aromatic carbocycles. The fourth-order valence-electron chi connectivity index (χ4n) is 2.44. The first-order valence-corrected chi connectivity index (χ1v) is 6.98. The van der Waals surface area contributed by atoms with E-state index in [4.69, 9.17) is 5.11 Å². The number of fused-ring (bicyclic) bond motifs is 1. The van der Waals surface area contributed by atoms with Crippen LogP contribution in [0.5, 0.6) is 0 Å². The maximum Gasteiger partial charge on any atom is 0.139 e. The predicted octanol–water partition coefficient (Wildman–Crippen LogP) is -0.192. The second kappa shape index (κ2) is 7.04. The molecule has 6 heteroatoms. The topological polar surface area (TPSA) is 121 Å². The number of rotatable bonds is 5. The molecule has 1 aromatic rings. The molecular weight excluding hydrogens is 288 g/mol. The predicted molar refractivity (Wildman–Crippen MR) is 80.8 cm³/mol. The quantitative estimate of drug-likeness (QED) is 0.419. The Bertz CT molecular complexity index is 580. The number of aliphatic hydroxyl groups excluding tert-OH is 6. The van der Waals surface area contributed by atoms with E-state index in [2.05, 4.69) is 0 Å². The van der Waals surface area contributed by atoms with Crippen LogP contribution in [0.2, 0.25) is 0 Å². The average Bonchev–Trinajstić information content (AvgIpc) is 2.57. The Kier molecular flexibility index (Phi) is 5.33. The van der Waals surface area contributed by atoms with Crippen molar-refractivity contribution >= 4 is 11.6 Å². The Balaban J connectivity index is 2.30. The first-order chi connectivity index (χ1) is 10.5. The van der Waals surface area contributed by atoms with Gasteiger partial charge in [0.2, 0.25) is 0 Å². The van der Waals surface area contributed by atoms with Crippen LogP contribution < -0.4 is 0 Å². The van der Waals surface area contributed by atoms with Gasteiger partial charge in [0.25, 0.3) is 0 Å². The van der Waals surface area contributed by atoms with Crippen molar-refractivity contribution in [1.29, 1.82) is 0 Å². The average molecular weight is 308 g/mol. The first kappa shape index (κ1) is 16.7. The van der Waals surface area contributed by atoms with E-state index in [1.807, 2.05) is 24.3 Å². The SMILES string of the molecule is OC[C@@H](O)[C@@H](O)[C@H](O)[C@@H](O)C(O)=C1CC=Cc2ccccc21. The lowest BCUT2D eigenvalue weighted by Gasteiger charge is -2.27. The van der Waals surface area contributed by atoms with Gasteiger partial charge in [0, 0.05) is 5.57 Å². The minimum Gasteiger partial charge on any atom is -0.509 e. The van der Waals surface area contributed by atoms with Crippen LogP contribution in [0.4, 0.5) is 0 Å². The van der Waals surface area contributed by atoms with Crippen LogP contribution in [0.25, 0.3) is 11.6 Å². The summed E-state index contributed by atoms with van der Waals surface area (Å²) in [6, 6.07) is 7.27. The summed E-state index contributed by atoms with van der Waals surface area (Å²) in [6.45, 7) is -0.770. The fraction of sp³-hybridized carbons (Fsp3) is 0.375. The number of hydrogen-bond donors (Lipinski definition) is 6. The molecule has 0 aliphatic heterocycles. The third-order valence-electron chi connectivity index (χ3n) is 3.75. The third kappa shape index (κ3) is 3.21. The van der Waals surface area contributed by atoms with Crippen molar-refractivity contribution in [3.8, 4) is 0 Å². The van der Waals surface area contributed by atoms with E-state index in [-0.39, 0.29) is 0 Å². The van der Waals surface area contributed by atoms with E-state index in [9.17, 15) is 25.5 Å². The molecule has 0 saturated heterocycles. The molecule has 0 fully saturated rings. The van der Waals surface area contributed by atoms with Crippen LogP contribution in [-0.2, 0) is 0 Å². The summed E-state index contributed by atoms with van der Waals surface area (Å²) in [7, 11) is 0. The molecule has 0 bridgehead atoms. The van der Waals surface area contributed by atoms with E-state index in [0.717, 1.165) is 11.1 Å². The van der Waals surface area contributed by atoms with Crippen molar-refractivity contribution in [1.82, 2.24) is 0 Å². The van der Waals surface area contributed by atoms with E-state index >= 15 is 0 Å². The molecule has 0 heterocycles. The van der Waals surface area contributed by atoms with E-state index in [1.165, 1.54) is 0 Å². The summed E-state index contributed by atoms with van der Waals surface area (Å²) in [5.74, 6) is -0.464. The van der Waals surface area contributed by atoms with Crippen LogP contribution in [0.15, 0.2) is 36.1 Å². The zero-order valence-electron chi connectivity index (χ0n) is 11.9. The van der Waals surface area contributed by atoms with Gasteiger partial charge >= 0.3 is 0 Å². The van der Waals surface area contributed by atoms with Gasteiger partial charge in [-0.05, 0) is 17.5 Å². The summed E-state index contributed by atoms with van der Waals surface area (Å²) in [5.41, 5.74) is 2.04. The largest absolute Gasteiger partial charge is 0.509 e. The lowest BCUT2D eigenvalue weighted by Crippen LogP contribution is -2.46. The number of hydrogen-bond acceptors (Lipinski definition) is 6. The zero-order valence-corrected chi connectivity index (χ0v) is 11.9. The molecule has 1 aliphatic rings. The van der Waals surface area contributed by atoms with Crippen LogP contribution in [0, 0.1) is 0 Å². The van der Waals surface area contributed by atoms with E-state index in [0.29, 0.717) is 12.0 Å². The molecule has 2 rings (SSSR count). The summed E-state index contributed by atoms with van der Waals surface area (Å²) in [6.07, 6.45) is -2.92. The highest BCUT2D eigenvalue weighted by Crippen LogP contribution is 2.32. The summed E-state index contributed by atoms with van der Waals surface area (Å²) in [4.78, 5) is 0. The molecule has 120 valence electrons. The monoisotopic (exact) mass is 308 g/mol. The summed E-state index contributed by atoms with van der Waals surface area (Å²) < 4.78 is 0. The van der Waals surface area contributed by atoms with Crippen LogP contribution >= 0.6 is 0 Å². The maximum atomic E-state index is 10.2.